The number of carbonyl (C=O) groups excluding carboxylic acids is 2. The van der Waals surface area contributed by atoms with Crippen LogP contribution in [0.25, 0.3) is 5.69 Å². The molecule has 2 aromatic carbocycles. The summed E-state index contributed by atoms with van der Waals surface area (Å²) in [4.78, 5) is 30.3. The minimum absolute atomic E-state index is 0.172. The molecule has 0 saturated carbocycles. The highest BCUT2D eigenvalue weighted by atomic mass is 16.2. The number of carbonyl (C=O) groups is 2. The monoisotopic (exact) mass is 360 g/mol. The highest BCUT2D eigenvalue weighted by molar-refractivity contribution is 5.95. The molecule has 6 heteroatoms. The molecule has 136 valence electrons. The van der Waals surface area contributed by atoms with Gasteiger partial charge in [-0.2, -0.15) is 0 Å². The third-order valence-corrected chi connectivity index (χ3v) is 4.68. The molecule has 1 fully saturated rings. The molecule has 0 atom stereocenters. The summed E-state index contributed by atoms with van der Waals surface area (Å²) in [7, 11) is 0. The number of para-hydroxylation sites is 1. The van der Waals surface area contributed by atoms with Crippen LogP contribution in [0.5, 0.6) is 0 Å². The quantitative estimate of drug-likeness (QED) is 0.761. The molecule has 2 amide bonds. The van der Waals surface area contributed by atoms with Crippen molar-refractivity contribution >= 4 is 17.5 Å². The maximum absolute atomic E-state index is 12.6. The van der Waals surface area contributed by atoms with Crippen LogP contribution >= 0.6 is 0 Å². The summed E-state index contributed by atoms with van der Waals surface area (Å²) in [6.45, 7) is 1.19. The summed E-state index contributed by atoms with van der Waals surface area (Å²) in [6.07, 6.45) is 4.72. The van der Waals surface area contributed by atoms with Crippen LogP contribution in [0.15, 0.2) is 67.1 Å². The Kier molecular flexibility index (Phi) is 4.70. The second kappa shape index (κ2) is 7.45. The molecule has 1 saturated heterocycles. The number of hydrogen-bond donors (Lipinski definition) is 1. The molecule has 2 heterocycles. The average molecular weight is 360 g/mol. The van der Waals surface area contributed by atoms with Gasteiger partial charge in [0.05, 0.1) is 12.5 Å². The minimum atomic E-state index is -0.185. The Bertz CT molecular complexity index is 948. The summed E-state index contributed by atoms with van der Waals surface area (Å²) in [5, 5.41) is 2.93. The zero-order valence-corrected chi connectivity index (χ0v) is 14.8. The number of hydrogen-bond acceptors (Lipinski definition) is 3. The molecule has 3 aromatic rings. The largest absolute Gasteiger partial charge is 0.347 e. The van der Waals surface area contributed by atoms with Crippen molar-refractivity contribution in [3.05, 3.63) is 78.4 Å². The predicted octanol–water partition coefficient (Wildman–Crippen LogP) is 2.93. The van der Waals surface area contributed by atoms with E-state index in [1.54, 1.807) is 22.0 Å². The number of amides is 2. The van der Waals surface area contributed by atoms with Gasteiger partial charge in [-0.05, 0) is 36.2 Å². The first kappa shape index (κ1) is 17.0. The number of nitrogens with one attached hydrogen (secondary N) is 1. The summed E-state index contributed by atoms with van der Waals surface area (Å²) < 4.78 is 1.76. The minimum Gasteiger partial charge on any atom is -0.347 e. The molecule has 0 radical (unpaired) electrons. The Morgan fingerprint density at radius 2 is 1.81 bits per heavy atom. The van der Waals surface area contributed by atoms with Gasteiger partial charge >= 0.3 is 0 Å². The lowest BCUT2D eigenvalue weighted by Gasteiger charge is -2.16. The Labute approximate surface area is 157 Å². The molecule has 6 nitrogen and oxygen atoms in total. The number of imidazole rings is 1. The summed E-state index contributed by atoms with van der Waals surface area (Å²) in [6, 6.07) is 17.4. The highest BCUT2D eigenvalue weighted by Gasteiger charge is 2.21. The van der Waals surface area contributed by atoms with E-state index >= 15 is 0 Å². The van der Waals surface area contributed by atoms with E-state index in [-0.39, 0.29) is 11.8 Å². The maximum Gasteiger partial charge on any atom is 0.270 e. The Morgan fingerprint density at radius 1 is 1.04 bits per heavy atom. The van der Waals surface area contributed by atoms with Crippen LogP contribution in [-0.2, 0) is 11.3 Å². The lowest BCUT2D eigenvalue weighted by Crippen LogP contribution is -2.25. The first-order valence-corrected chi connectivity index (χ1v) is 8.97. The van der Waals surface area contributed by atoms with Gasteiger partial charge in [0.1, 0.15) is 5.69 Å². The van der Waals surface area contributed by atoms with E-state index in [2.05, 4.69) is 10.3 Å². The molecule has 1 aliphatic heterocycles. The second-order valence-electron chi connectivity index (χ2n) is 6.48. The zero-order valence-electron chi connectivity index (χ0n) is 14.8. The number of anilines is 1. The van der Waals surface area contributed by atoms with Gasteiger partial charge in [0.25, 0.3) is 5.91 Å². The van der Waals surface area contributed by atoms with Crippen LogP contribution in [0.4, 0.5) is 5.69 Å². The van der Waals surface area contributed by atoms with E-state index in [1.165, 1.54) is 0 Å². The van der Waals surface area contributed by atoms with Crippen molar-refractivity contribution in [2.45, 2.75) is 19.4 Å². The van der Waals surface area contributed by atoms with Gasteiger partial charge in [-0.15, -0.1) is 0 Å². The smallest absolute Gasteiger partial charge is 0.270 e. The molecular formula is C21H20N4O2. The van der Waals surface area contributed by atoms with Crippen molar-refractivity contribution in [2.75, 3.05) is 11.4 Å². The molecule has 1 aromatic heterocycles. The fourth-order valence-corrected chi connectivity index (χ4v) is 3.25. The van der Waals surface area contributed by atoms with Gasteiger partial charge in [0, 0.05) is 30.9 Å². The van der Waals surface area contributed by atoms with Gasteiger partial charge in [-0.25, -0.2) is 4.98 Å². The van der Waals surface area contributed by atoms with Crippen LogP contribution in [0.2, 0.25) is 0 Å². The van der Waals surface area contributed by atoms with Crippen molar-refractivity contribution in [2.24, 2.45) is 0 Å². The van der Waals surface area contributed by atoms with Gasteiger partial charge in [-0.3, -0.25) is 14.2 Å². The normalized spacial score (nSPS) is 13.8. The lowest BCUT2D eigenvalue weighted by molar-refractivity contribution is -0.117. The fourth-order valence-electron chi connectivity index (χ4n) is 3.25. The van der Waals surface area contributed by atoms with E-state index in [4.69, 9.17) is 0 Å². The first-order chi connectivity index (χ1) is 13.2. The molecule has 27 heavy (non-hydrogen) atoms. The van der Waals surface area contributed by atoms with Crippen LogP contribution in [-0.4, -0.2) is 27.9 Å². The second-order valence-corrected chi connectivity index (χ2v) is 6.48. The number of nitrogens with zero attached hydrogens (tertiary/aromatic N) is 3. The first-order valence-electron chi connectivity index (χ1n) is 8.97. The van der Waals surface area contributed by atoms with Crippen molar-refractivity contribution < 1.29 is 9.59 Å². The highest BCUT2D eigenvalue weighted by Crippen LogP contribution is 2.21. The number of benzene rings is 2. The molecule has 1 N–H and O–H groups in total. The topological polar surface area (TPSA) is 67.2 Å². The van der Waals surface area contributed by atoms with E-state index in [9.17, 15) is 9.59 Å². The number of rotatable bonds is 5. The van der Waals surface area contributed by atoms with Crippen LogP contribution in [0.3, 0.4) is 0 Å². The van der Waals surface area contributed by atoms with Crippen molar-refractivity contribution in [3.8, 4) is 5.69 Å². The van der Waals surface area contributed by atoms with Crippen LogP contribution < -0.4 is 10.2 Å². The van der Waals surface area contributed by atoms with E-state index in [1.807, 2.05) is 54.6 Å². The van der Waals surface area contributed by atoms with Gasteiger partial charge in [-0.1, -0.05) is 30.3 Å². The number of aromatic nitrogens is 2. The molecule has 1 aliphatic rings. The van der Waals surface area contributed by atoms with Gasteiger partial charge in [0.15, 0.2) is 0 Å². The molecule has 0 aliphatic carbocycles. The molecular weight excluding hydrogens is 340 g/mol. The SMILES string of the molecule is O=C(NCc1ccc(N2CCCC2=O)cc1)c1cncn1-c1ccccc1. The summed E-state index contributed by atoms with van der Waals surface area (Å²) >= 11 is 0. The van der Waals surface area contributed by atoms with Gasteiger partial charge < -0.3 is 10.2 Å². The summed E-state index contributed by atoms with van der Waals surface area (Å²) in [5.41, 5.74) is 3.26. The predicted molar refractivity (Wildman–Crippen MR) is 103 cm³/mol. The van der Waals surface area contributed by atoms with E-state index < -0.39 is 0 Å². The Balaban J connectivity index is 1.42. The van der Waals surface area contributed by atoms with Crippen molar-refractivity contribution in [1.29, 1.82) is 0 Å². The third-order valence-electron chi connectivity index (χ3n) is 4.68. The third kappa shape index (κ3) is 3.60. The molecule has 0 unspecified atom stereocenters. The molecule has 4 rings (SSSR count). The fraction of sp³-hybridized carbons (Fsp3) is 0.190. The van der Waals surface area contributed by atoms with E-state index in [0.717, 1.165) is 29.9 Å². The maximum atomic E-state index is 12.6. The van der Waals surface area contributed by atoms with Crippen molar-refractivity contribution in [1.82, 2.24) is 14.9 Å². The molecule has 0 bridgehead atoms. The Hall–Kier alpha value is -3.41. The summed E-state index contributed by atoms with van der Waals surface area (Å²) in [5.74, 6) is -0.0135. The van der Waals surface area contributed by atoms with Crippen LogP contribution in [0, 0.1) is 0 Å². The standard InChI is InChI=1S/C21H20N4O2/c26-20-7-4-12-24(20)18-10-8-16(9-11-18)13-23-21(27)19-14-22-15-25(19)17-5-2-1-3-6-17/h1-3,5-6,8-11,14-15H,4,7,12-13H2,(H,23,27). The van der Waals surface area contributed by atoms with Gasteiger partial charge in [0.2, 0.25) is 5.91 Å². The van der Waals surface area contributed by atoms with E-state index in [0.29, 0.717) is 18.7 Å². The lowest BCUT2D eigenvalue weighted by atomic mass is 10.2. The zero-order chi connectivity index (χ0) is 18.6. The Morgan fingerprint density at radius 3 is 2.52 bits per heavy atom. The van der Waals surface area contributed by atoms with Crippen molar-refractivity contribution in [3.63, 3.8) is 0 Å². The molecule has 0 spiro atoms. The average Bonchev–Trinajstić information content (AvgIpc) is 3.36. The van der Waals surface area contributed by atoms with Crippen LogP contribution in [0.1, 0.15) is 28.9 Å².